The number of aromatic amines is 1. The predicted octanol–water partition coefficient (Wildman–Crippen LogP) is 1.33. The summed E-state index contributed by atoms with van der Waals surface area (Å²) < 4.78 is 1.60. The highest BCUT2D eigenvalue weighted by Crippen LogP contribution is 2.30. The van der Waals surface area contributed by atoms with Crippen molar-refractivity contribution in [1.29, 1.82) is 0 Å². The Kier molecular flexibility index (Phi) is 4.97. The molecule has 0 aliphatic carbocycles. The molecule has 0 fully saturated rings. The third-order valence-electron chi connectivity index (χ3n) is 2.92. The van der Waals surface area contributed by atoms with Crippen LogP contribution < -0.4 is 17.0 Å². The molecule has 0 aliphatic heterocycles. The summed E-state index contributed by atoms with van der Waals surface area (Å²) in [6, 6.07) is 0.0160. The zero-order valence-corrected chi connectivity index (χ0v) is 13.1. The number of hydrogen-bond donors (Lipinski definition) is 3. The second kappa shape index (κ2) is 6.72. The molecule has 4 N–H and O–H groups in total. The lowest BCUT2D eigenvalue weighted by Crippen LogP contribution is -2.19. The Morgan fingerprint density at radius 1 is 1.48 bits per heavy atom. The summed E-state index contributed by atoms with van der Waals surface area (Å²) in [6.07, 6.45) is 3.17. The Labute approximate surface area is 126 Å². The zero-order valence-electron chi connectivity index (χ0n) is 12.3. The first kappa shape index (κ1) is 15.5. The van der Waals surface area contributed by atoms with Gasteiger partial charge in [0.25, 0.3) is 0 Å². The van der Waals surface area contributed by atoms with E-state index >= 15 is 0 Å². The minimum Gasteiger partial charge on any atom is -0.308 e. The first-order valence-electron chi connectivity index (χ1n) is 6.73. The number of rotatable bonds is 6. The smallest absolute Gasteiger partial charge is 0.308 e. The van der Waals surface area contributed by atoms with E-state index in [2.05, 4.69) is 32.5 Å². The maximum atomic E-state index is 11.8. The molecule has 2 aromatic heterocycles. The fraction of sp³-hybridized carbons (Fsp3) is 0.500. The lowest BCUT2D eigenvalue weighted by atomic mass is 10.2. The minimum absolute atomic E-state index is 0.0160. The molecule has 0 bridgehead atoms. The summed E-state index contributed by atoms with van der Waals surface area (Å²) in [4.78, 5) is 20.2. The number of H-pyrrole nitrogens is 1. The van der Waals surface area contributed by atoms with Gasteiger partial charge in [0, 0.05) is 11.6 Å². The van der Waals surface area contributed by atoms with Gasteiger partial charge in [0.05, 0.1) is 0 Å². The van der Waals surface area contributed by atoms with Crippen LogP contribution in [0.5, 0.6) is 0 Å². The maximum Gasteiger partial charge on any atom is 0.344 e. The van der Waals surface area contributed by atoms with Gasteiger partial charge in [0.1, 0.15) is 17.2 Å². The van der Waals surface area contributed by atoms with Crippen molar-refractivity contribution in [3.8, 4) is 0 Å². The van der Waals surface area contributed by atoms with Gasteiger partial charge in [0.15, 0.2) is 5.16 Å². The van der Waals surface area contributed by atoms with Crippen LogP contribution in [0.2, 0.25) is 0 Å². The Morgan fingerprint density at radius 2 is 2.24 bits per heavy atom. The number of nitrogens with one attached hydrogen (secondary N) is 2. The van der Waals surface area contributed by atoms with Gasteiger partial charge in [-0.2, -0.15) is 0 Å². The van der Waals surface area contributed by atoms with E-state index in [1.807, 2.05) is 13.8 Å². The van der Waals surface area contributed by atoms with E-state index in [4.69, 9.17) is 5.84 Å². The molecule has 0 saturated carbocycles. The largest absolute Gasteiger partial charge is 0.344 e. The highest BCUT2D eigenvalue weighted by Gasteiger charge is 2.17. The van der Waals surface area contributed by atoms with Crippen LogP contribution in [0, 0.1) is 0 Å². The predicted molar refractivity (Wildman–Crippen MR) is 81.2 cm³/mol. The highest BCUT2D eigenvalue weighted by molar-refractivity contribution is 7.99. The van der Waals surface area contributed by atoms with Crippen molar-refractivity contribution >= 4 is 17.6 Å². The van der Waals surface area contributed by atoms with Crippen molar-refractivity contribution < 1.29 is 0 Å². The Bertz CT molecular complexity index is 664. The van der Waals surface area contributed by atoms with Gasteiger partial charge in [-0.15, -0.1) is 5.10 Å². The van der Waals surface area contributed by atoms with E-state index in [9.17, 15) is 4.79 Å². The molecule has 2 aromatic rings. The molecule has 2 rings (SSSR count). The van der Waals surface area contributed by atoms with Gasteiger partial charge in [0.2, 0.25) is 0 Å². The maximum absolute atomic E-state index is 11.8. The number of nitrogens with zero attached hydrogens (tertiary/aromatic N) is 4. The molecule has 0 radical (unpaired) electrons. The van der Waals surface area contributed by atoms with E-state index < -0.39 is 0 Å². The van der Waals surface area contributed by atoms with Gasteiger partial charge in [-0.1, -0.05) is 13.3 Å². The van der Waals surface area contributed by atoms with Gasteiger partial charge in [-0.05, 0) is 32.0 Å². The van der Waals surface area contributed by atoms with E-state index in [1.165, 1.54) is 18.1 Å². The number of anilines is 1. The van der Waals surface area contributed by atoms with Crippen LogP contribution in [0.3, 0.4) is 0 Å². The molecule has 0 atom stereocenters. The van der Waals surface area contributed by atoms with Crippen molar-refractivity contribution in [2.24, 2.45) is 5.84 Å². The van der Waals surface area contributed by atoms with E-state index in [-0.39, 0.29) is 11.7 Å². The summed E-state index contributed by atoms with van der Waals surface area (Å²) in [6.45, 7) is 5.93. The van der Waals surface area contributed by atoms with Crippen LogP contribution >= 0.6 is 11.8 Å². The van der Waals surface area contributed by atoms with Crippen LogP contribution in [0.4, 0.5) is 5.82 Å². The molecule has 0 unspecified atom stereocenters. The third kappa shape index (κ3) is 3.24. The molecule has 8 nitrogen and oxygen atoms in total. The second-order valence-corrected chi connectivity index (χ2v) is 5.73. The normalized spacial score (nSPS) is 11.1. The molecule has 9 heteroatoms. The molecular weight excluding hydrogens is 290 g/mol. The summed E-state index contributed by atoms with van der Waals surface area (Å²) in [5.41, 5.74) is 3.29. The van der Waals surface area contributed by atoms with Gasteiger partial charge >= 0.3 is 5.69 Å². The van der Waals surface area contributed by atoms with Crippen molar-refractivity contribution in [2.75, 3.05) is 5.43 Å². The summed E-state index contributed by atoms with van der Waals surface area (Å²) >= 11 is 1.33. The molecule has 0 aromatic carbocycles. The van der Waals surface area contributed by atoms with E-state index in [0.29, 0.717) is 11.0 Å². The molecule has 2 heterocycles. The van der Waals surface area contributed by atoms with Gasteiger partial charge in [-0.25, -0.2) is 25.7 Å². The Balaban J connectivity index is 2.42. The highest BCUT2D eigenvalue weighted by atomic mass is 32.2. The first-order chi connectivity index (χ1) is 10.1. The first-order valence-corrected chi connectivity index (χ1v) is 7.55. The monoisotopic (exact) mass is 309 g/mol. The van der Waals surface area contributed by atoms with Crippen molar-refractivity contribution in [3.63, 3.8) is 0 Å². The van der Waals surface area contributed by atoms with Gasteiger partial charge < -0.3 is 5.43 Å². The third-order valence-corrected chi connectivity index (χ3v) is 3.93. The molecule has 0 spiro atoms. The molecule has 0 amide bonds. The number of nitrogens with two attached hydrogens (primary N) is 1. The van der Waals surface area contributed by atoms with Crippen LogP contribution in [0.15, 0.2) is 21.3 Å². The second-order valence-electron chi connectivity index (χ2n) is 4.78. The van der Waals surface area contributed by atoms with Crippen LogP contribution in [0.1, 0.15) is 38.8 Å². The lowest BCUT2D eigenvalue weighted by molar-refractivity contribution is 0.533. The molecular formula is C12H19N7OS. The lowest BCUT2D eigenvalue weighted by Gasteiger charge is -2.12. The summed E-state index contributed by atoms with van der Waals surface area (Å²) in [5.74, 6) is 6.10. The van der Waals surface area contributed by atoms with Crippen LogP contribution in [0.25, 0.3) is 0 Å². The average molecular weight is 309 g/mol. The standard InChI is InChI=1S/C12H19N7OS/c1-4-5-8-9(16-13)14-6-15-10(8)21-12-18-17-11(20)19(12)7(2)3/h6-7H,4-5,13H2,1-3H3,(H,17,20)(H,14,15,16). The fourth-order valence-electron chi connectivity index (χ4n) is 1.99. The number of aromatic nitrogens is 5. The average Bonchev–Trinajstić information content (AvgIpc) is 2.82. The number of hydrazine groups is 1. The SMILES string of the molecule is CCCc1c(NN)ncnc1Sc1n[nH]c(=O)n1C(C)C. The summed E-state index contributed by atoms with van der Waals surface area (Å²) in [7, 11) is 0. The molecule has 0 aliphatic rings. The fourth-order valence-corrected chi connectivity index (χ4v) is 3.07. The quantitative estimate of drug-likeness (QED) is 0.419. The summed E-state index contributed by atoms with van der Waals surface area (Å²) in [5, 5.41) is 7.87. The molecule has 21 heavy (non-hydrogen) atoms. The molecule has 114 valence electrons. The van der Waals surface area contributed by atoms with Crippen LogP contribution in [-0.2, 0) is 6.42 Å². The van der Waals surface area contributed by atoms with Crippen LogP contribution in [-0.4, -0.2) is 24.7 Å². The van der Waals surface area contributed by atoms with Crippen molar-refractivity contribution in [3.05, 3.63) is 22.4 Å². The number of nitrogen functional groups attached to an aromatic ring is 1. The zero-order chi connectivity index (χ0) is 15.4. The van der Waals surface area contributed by atoms with E-state index in [1.54, 1.807) is 4.57 Å². The Hall–Kier alpha value is -1.87. The Morgan fingerprint density at radius 3 is 2.86 bits per heavy atom. The minimum atomic E-state index is -0.226. The van der Waals surface area contributed by atoms with Crippen molar-refractivity contribution in [2.45, 2.75) is 49.8 Å². The van der Waals surface area contributed by atoms with Gasteiger partial charge in [-0.3, -0.25) is 4.57 Å². The molecule has 0 saturated heterocycles. The van der Waals surface area contributed by atoms with Crippen molar-refractivity contribution in [1.82, 2.24) is 24.7 Å². The van der Waals surface area contributed by atoms with E-state index in [0.717, 1.165) is 23.4 Å². The number of hydrogen-bond acceptors (Lipinski definition) is 7. The topological polar surface area (TPSA) is 115 Å².